The Morgan fingerprint density at radius 3 is 2.59 bits per heavy atom. The van der Waals surface area contributed by atoms with Crippen LogP contribution >= 0.6 is 0 Å². The van der Waals surface area contributed by atoms with E-state index in [2.05, 4.69) is 0 Å². The minimum absolute atomic E-state index is 0.245. The van der Waals surface area contributed by atoms with Crippen molar-refractivity contribution >= 4 is 0 Å². The molecular formula is C11H16O6. The van der Waals surface area contributed by atoms with Crippen LogP contribution in [0.3, 0.4) is 0 Å². The zero-order valence-corrected chi connectivity index (χ0v) is 10.0. The number of hydrogen-bond acceptors (Lipinski definition) is 6. The fourth-order valence-corrected chi connectivity index (χ4v) is 3.38. The van der Waals surface area contributed by atoms with Crippen LogP contribution in [0, 0.1) is 0 Å². The molecule has 4 saturated heterocycles. The zero-order chi connectivity index (χ0) is 12.1. The van der Waals surface area contributed by atoms with E-state index in [1.54, 1.807) is 20.8 Å². The van der Waals surface area contributed by atoms with Gasteiger partial charge in [0.1, 0.15) is 18.3 Å². The molecule has 0 aromatic heterocycles. The number of hydrogen-bond donors (Lipinski definition) is 1. The van der Waals surface area contributed by atoms with Crippen molar-refractivity contribution in [2.75, 3.05) is 6.61 Å². The van der Waals surface area contributed by atoms with Crippen molar-refractivity contribution in [2.24, 2.45) is 0 Å². The highest BCUT2D eigenvalue weighted by Gasteiger charge is 2.79. The van der Waals surface area contributed by atoms with Crippen molar-refractivity contribution in [3.63, 3.8) is 0 Å². The van der Waals surface area contributed by atoms with Gasteiger partial charge in [-0.25, -0.2) is 0 Å². The van der Waals surface area contributed by atoms with E-state index in [4.69, 9.17) is 23.7 Å². The minimum atomic E-state index is -1.30. The van der Waals surface area contributed by atoms with Crippen molar-refractivity contribution in [1.29, 1.82) is 0 Å². The summed E-state index contributed by atoms with van der Waals surface area (Å²) < 4.78 is 28.3. The second kappa shape index (κ2) is 2.68. The van der Waals surface area contributed by atoms with E-state index in [-0.39, 0.29) is 6.10 Å². The van der Waals surface area contributed by atoms with Gasteiger partial charge in [0, 0.05) is 0 Å². The highest BCUT2D eigenvalue weighted by Crippen LogP contribution is 2.57. The third-order valence-electron chi connectivity index (χ3n) is 4.17. The fourth-order valence-electron chi connectivity index (χ4n) is 3.38. The summed E-state index contributed by atoms with van der Waals surface area (Å²) in [5.41, 5.74) is -1.30. The van der Waals surface area contributed by atoms with Crippen LogP contribution < -0.4 is 0 Å². The molecule has 6 atom stereocenters. The van der Waals surface area contributed by atoms with Crippen LogP contribution in [0.25, 0.3) is 0 Å². The average molecular weight is 244 g/mol. The molecule has 17 heavy (non-hydrogen) atoms. The van der Waals surface area contributed by atoms with Crippen LogP contribution in [0.5, 0.6) is 0 Å². The van der Waals surface area contributed by atoms with Crippen molar-refractivity contribution in [3.05, 3.63) is 0 Å². The van der Waals surface area contributed by atoms with E-state index in [0.29, 0.717) is 6.61 Å². The molecule has 4 aliphatic heterocycles. The highest BCUT2D eigenvalue weighted by molar-refractivity contribution is 5.20. The SMILES string of the molecule is CC1(C)O[C@H]2O[C@@H]3[C@H]4COC(C)(O4)[C@]3(O)[C@H]2O1. The maximum absolute atomic E-state index is 10.9. The standard InChI is InChI=1S/C11H16O6/c1-9(2)16-7-8(17-9)14-6-5-4-13-10(3,15-5)11(6,7)12/h5-8,12H,4H2,1-3H3/t5-,6-,7+,8-,10?,11-/m1/s1. The summed E-state index contributed by atoms with van der Waals surface area (Å²) >= 11 is 0. The lowest BCUT2D eigenvalue weighted by Crippen LogP contribution is -2.63. The fraction of sp³-hybridized carbons (Fsp3) is 1.00. The molecule has 0 aromatic rings. The molecule has 4 aliphatic rings. The average Bonchev–Trinajstić information content (AvgIpc) is 2.84. The van der Waals surface area contributed by atoms with Crippen molar-refractivity contribution < 1.29 is 28.8 Å². The predicted octanol–water partition coefficient (Wildman–Crippen LogP) is -0.261. The Labute approximate surface area is 98.7 Å². The molecule has 6 heteroatoms. The molecule has 0 aliphatic carbocycles. The summed E-state index contributed by atoms with van der Waals surface area (Å²) in [6, 6.07) is 0. The van der Waals surface area contributed by atoms with Gasteiger partial charge >= 0.3 is 0 Å². The summed E-state index contributed by atoms with van der Waals surface area (Å²) in [6.45, 7) is 5.76. The highest BCUT2D eigenvalue weighted by atomic mass is 16.9. The van der Waals surface area contributed by atoms with Gasteiger partial charge in [0.05, 0.1) is 6.61 Å². The number of ether oxygens (including phenoxy) is 5. The molecule has 0 amide bonds. The molecule has 6 nitrogen and oxygen atoms in total. The molecule has 0 aromatic carbocycles. The van der Waals surface area contributed by atoms with Crippen LogP contribution in [0.4, 0.5) is 0 Å². The molecule has 1 N–H and O–H groups in total. The zero-order valence-electron chi connectivity index (χ0n) is 10.0. The topological polar surface area (TPSA) is 66.4 Å². The lowest BCUT2D eigenvalue weighted by Gasteiger charge is -2.39. The third-order valence-corrected chi connectivity index (χ3v) is 4.17. The van der Waals surface area contributed by atoms with Crippen LogP contribution in [-0.4, -0.2) is 53.5 Å². The van der Waals surface area contributed by atoms with Gasteiger partial charge in [-0.3, -0.25) is 0 Å². The van der Waals surface area contributed by atoms with Gasteiger partial charge in [0.25, 0.3) is 0 Å². The largest absolute Gasteiger partial charge is 0.379 e. The van der Waals surface area contributed by atoms with Gasteiger partial charge in [-0.1, -0.05) is 0 Å². The van der Waals surface area contributed by atoms with Crippen molar-refractivity contribution in [3.8, 4) is 0 Å². The van der Waals surface area contributed by atoms with Crippen molar-refractivity contribution in [2.45, 2.75) is 62.5 Å². The van der Waals surface area contributed by atoms with Gasteiger partial charge < -0.3 is 28.8 Å². The Bertz CT molecular complexity index is 384. The van der Waals surface area contributed by atoms with E-state index >= 15 is 0 Å². The first-order chi connectivity index (χ1) is 7.86. The van der Waals surface area contributed by atoms with Crippen LogP contribution in [0.1, 0.15) is 20.8 Å². The predicted molar refractivity (Wildman–Crippen MR) is 52.9 cm³/mol. The quantitative estimate of drug-likeness (QED) is 0.633. The first kappa shape index (κ1) is 10.7. The maximum atomic E-state index is 10.9. The minimum Gasteiger partial charge on any atom is -0.379 e. The number of aliphatic hydroxyl groups is 1. The second-order valence-electron chi connectivity index (χ2n) is 5.72. The molecule has 2 bridgehead atoms. The smallest absolute Gasteiger partial charge is 0.200 e. The van der Waals surface area contributed by atoms with E-state index in [9.17, 15) is 5.11 Å². The summed E-state index contributed by atoms with van der Waals surface area (Å²) in [5.74, 6) is -1.82. The molecule has 0 saturated carbocycles. The molecule has 4 heterocycles. The molecule has 96 valence electrons. The summed E-state index contributed by atoms with van der Waals surface area (Å²) in [6.07, 6.45) is -1.80. The summed E-state index contributed by atoms with van der Waals surface area (Å²) in [5, 5.41) is 10.9. The lowest BCUT2D eigenvalue weighted by molar-refractivity contribution is -0.281. The monoisotopic (exact) mass is 244 g/mol. The molecule has 0 radical (unpaired) electrons. The second-order valence-corrected chi connectivity index (χ2v) is 5.72. The van der Waals surface area contributed by atoms with E-state index < -0.39 is 35.7 Å². The molecular weight excluding hydrogens is 228 g/mol. The first-order valence-electron chi connectivity index (χ1n) is 5.91. The van der Waals surface area contributed by atoms with Gasteiger partial charge in [0.2, 0.25) is 5.79 Å². The first-order valence-corrected chi connectivity index (χ1v) is 5.91. The van der Waals surface area contributed by atoms with Crippen LogP contribution in [0.2, 0.25) is 0 Å². The Balaban J connectivity index is 1.76. The molecule has 1 unspecified atom stereocenters. The summed E-state index contributed by atoms with van der Waals surface area (Å²) in [4.78, 5) is 0. The van der Waals surface area contributed by atoms with E-state index in [0.717, 1.165) is 0 Å². The molecule has 0 spiro atoms. The van der Waals surface area contributed by atoms with E-state index in [1.807, 2.05) is 0 Å². The Kier molecular flexibility index (Phi) is 1.68. The third kappa shape index (κ3) is 1.03. The Hall–Kier alpha value is -0.240. The van der Waals surface area contributed by atoms with Crippen LogP contribution in [0.15, 0.2) is 0 Å². The number of fused-ring (bicyclic) bond motifs is 7. The number of rotatable bonds is 0. The van der Waals surface area contributed by atoms with Gasteiger partial charge in [-0.15, -0.1) is 0 Å². The van der Waals surface area contributed by atoms with Gasteiger partial charge in [0.15, 0.2) is 17.7 Å². The van der Waals surface area contributed by atoms with Gasteiger partial charge in [-0.2, -0.15) is 0 Å². The lowest BCUT2D eigenvalue weighted by atomic mass is 9.83. The van der Waals surface area contributed by atoms with Crippen molar-refractivity contribution in [1.82, 2.24) is 0 Å². The Morgan fingerprint density at radius 1 is 1.06 bits per heavy atom. The summed E-state index contributed by atoms with van der Waals surface area (Å²) in [7, 11) is 0. The van der Waals surface area contributed by atoms with Gasteiger partial charge in [-0.05, 0) is 20.8 Å². The molecule has 4 fully saturated rings. The molecule has 4 rings (SSSR count). The normalized spacial score (nSPS) is 62.8. The Morgan fingerprint density at radius 2 is 1.82 bits per heavy atom. The maximum Gasteiger partial charge on any atom is 0.200 e. The van der Waals surface area contributed by atoms with Crippen LogP contribution in [-0.2, 0) is 23.7 Å². The van der Waals surface area contributed by atoms with E-state index in [1.165, 1.54) is 0 Å².